The first-order valence-electron chi connectivity index (χ1n) is 8.68. The number of fused-ring (bicyclic) bond motifs is 1. The Morgan fingerprint density at radius 2 is 1.54 bits per heavy atom. The third-order valence-electron chi connectivity index (χ3n) is 4.63. The fraction of sp³-hybridized carbons (Fsp3) is 0.136. The molecule has 0 bridgehead atoms. The summed E-state index contributed by atoms with van der Waals surface area (Å²) in [7, 11) is 4.72. The lowest BCUT2D eigenvalue weighted by Crippen LogP contribution is -1.99. The molecular formula is C22H19FN2O3. The van der Waals surface area contributed by atoms with Crippen LogP contribution in [0.1, 0.15) is 0 Å². The number of nitrogens with zero attached hydrogens (tertiary/aromatic N) is 2. The molecule has 1 aromatic heterocycles. The molecule has 0 saturated heterocycles. The smallest absolute Gasteiger partial charge is 0.203 e. The number of benzene rings is 3. The van der Waals surface area contributed by atoms with Gasteiger partial charge in [-0.15, -0.1) is 0 Å². The quantitative estimate of drug-likeness (QED) is 0.498. The maximum Gasteiger partial charge on any atom is 0.203 e. The van der Waals surface area contributed by atoms with E-state index in [0.29, 0.717) is 17.2 Å². The molecule has 3 aromatic carbocycles. The van der Waals surface area contributed by atoms with E-state index in [0.717, 1.165) is 27.8 Å². The molecule has 0 radical (unpaired) electrons. The summed E-state index contributed by atoms with van der Waals surface area (Å²) in [6, 6.07) is 16.1. The van der Waals surface area contributed by atoms with Crippen LogP contribution in [0.4, 0.5) is 4.39 Å². The first kappa shape index (κ1) is 17.9. The zero-order valence-electron chi connectivity index (χ0n) is 15.8. The average molecular weight is 378 g/mol. The third-order valence-corrected chi connectivity index (χ3v) is 4.63. The van der Waals surface area contributed by atoms with E-state index in [1.54, 1.807) is 33.7 Å². The highest BCUT2D eigenvalue weighted by molar-refractivity contribution is 5.84. The molecule has 0 N–H and O–H groups in total. The van der Waals surface area contributed by atoms with E-state index >= 15 is 0 Å². The molecule has 142 valence electrons. The number of hydrogen-bond acceptors (Lipinski definition) is 4. The highest BCUT2D eigenvalue weighted by atomic mass is 19.1. The molecule has 0 atom stereocenters. The monoisotopic (exact) mass is 378 g/mol. The predicted octanol–water partition coefficient (Wildman–Crippen LogP) is 4.86. The van der Waals surface area contributed by atoms with Gasteiger partial charge in [-0.3, -0.25) is 4.57 Å². The number of hydrogen-bond donors (Lipinski definition) is 0. The SMILES string of the molecule is COc1cc(-n2cnc3ccc(-c4cccc(F)c4)cc32)cc(OC)c1OC. The fourth-order valence-corrected chi connectivity index (χ4v) is 3.27. The maximum atomic E-state index is 13.6. The van der Waals surface area contributed by atoms with Gasteiger partial charge >= 0.3 is 0 Å². The van der Waals surface area contributed by atoms with E-state index in [9.17, 15) is 4.39 Å². The molecule has 4 aromatic rings. The van der Waals surface area contributed by atoms with Gasteiger partial charge in [0.2, 0.25) is 5.75 Å². The maximum absolute atomic E-state index is 13.6. The largest absolute Gasteiger partial charge is 0.493 e. The van der Waals surface area contributed by atoms with Gasteiger partial charge in [-0.05, 0) is 35.4 Å². The third kappa shape index (κ3) is 3.03. The van der Waals surface area contributed by atoms with Crippen molar-refractivity contribution in [1.29, 1.82) is 0 Å². The zero-order chi connectivity index (χ0) is 19.7. The minimum atomic E-state index is -0.268. The molecule has 0 amide bonds. The van der Waals surface area contributed by atoms with Crippen molar-refractivity contribution in [1.82, 2.24) is 9.55 Å². The number of imidazole rings is 1. The van der Waals surface area contributed by atoms with Crippen LogP contribution in [-0.4, -0.2) is 30.9 Å². The topological polar surface area (TPSA) is 45.5 Å². The Balaban J connectivity index is 1.89. The number of rotatable bonds is 5. The van der Waals surface area contributed by atoms with Crippen molar-refractivity contribution in [2.45, 2.75) is 0 Å². The van der Waals surface area contributed by atoms with Crippen LogP contribution in [0.15, 0.2) is 60.9 Å². The van der Waals surface area contributed by atoms with Crippen LogP contribution in [-0.2, 0) is 0 Å². The Morgan fingerprint density at radius 1 is 0.821 bits per heavy atom. The summed E-state index contributed by atoms with van der Waals surface area (Å²) in [6.45, 7) is 0. The minimum absolute atomic E-state index is 0.268. The van der Waals surface area contributed by atoms with Crippen molar-refractivity contribution >= 4 is 11.0 Å². The van der Waals surface area contributed by atoms with Crippen molar-refractivity contribution in [2.75, 3.05) is 21.3 Å². The Hall–Kier alpha value is -3.54. The summed E-state index contributed by atoms with van der Waals surface area (Å²) in [5.74, 6) is 1.37. The standard InChI is InChI=1S/C22H19FN2O3/c1-26-20-11-17(12-21(27-2)22(20)28-3)25-13-24-18-8-7-15(10-19(18)25)14-5-4-6-16(23)9-14/h4-13H,1-3H3. The first-order chi connectivity index (χ1) is 13.6. The predicted molar refractivity (Wildman–Crippen MR) is 106 cm³/mol. The Labute approximate surface area is 161 Å². The lowest BCUT2D eigenvalue weighted by molar-refractivity contribution is 0.324. The fourth-order valence-electron chi connectivity index (χ4n) is 3.27. The van der Waals surface area contributed by atoms with E-state index in [4.69, 9.17) is 14.2 Å². The lowest BCUT2D eigenvalue weighted by Gasteiger charge is -2.15. The van der Waals surface area contributed by atoms with Crippen molar-refractivity contribution in [2.24, 2.45) is 0 Å². The number of ether oxygens (including phenoxy) is 3. The molecule has 0 saturated carbocycles. The Bertz CT molecular complexity index is 1130. The summed E-state index contributed by atoms with van der Waals surface area (Å²) in [5, 5.41) is 0. The van der Waals surface area contributed by atoms with Gasteiger partial charge in [-0.25, -0.2) is 9.37 Å². The summed E-state index contributed by atoms with van der Waals surface area (Å²) in [6.07, 6.45) is 1.74. The number of aromatic nitrogens is 2. The highest BCUT2D eigenvalue weighted by Crippen LogP contribution is 2.40. The summed E-state index contributed by atoms with van der Waals surface area (Å²) < 4.78 is 31.9. The molecule has 0 aliphatic heterocycles. The molecule has 28 heavy (non-hydrogen) atoms. The van der Waals surface area contributed by atoms with Gasteiger partial charge in [0.05, 0.1) is 38.1 Å². The van der Waals surface area contributed by atoms with Crippen molar-refractivity contribution < 1.29 is 18.6 Å². The highest BCUT2D eigenvalue weighted by Gasteiger charge is 2.16. The number of methoxy groups -OCH3 is 3. The van der Waals surface area contributed by atoms with Gasteiger partial charge in [0, 0.05) is 12.1 Å². The number of halogens is 1. The van der Waals surface area contributed by atoms with Crippen LogP contribution in [0.5, 0.6) is 17.2 Å². The average Bonchev–Trinajstić information content (AvgIpc) is 3.15. The van der Waals surface area contributed by atoms with Gasteiger partial charge in [0.25, 0.3) is 0 Å². The first-order valence-corrected chi connectivity index (χ1v) is 8.68. The van der Waals surface area contributed by atoms with E-state index in [1.807, 2.05) is 41.0 Å². The molecule has 0 unspecified atom stereocenters. The van der Waals surface area contributed by atoms with Crippen LogP contribution in [0.25, 0.3) is 27.8 Å². The molecule has 0 spiro atoms. The van der Waals surface area contributed by atoms with Crippen molar-refractivity contribution in [3.63, 3.8) is 0 Å². The van der Waals surface area contributed by atoms with Gasteiger partial charge < -0.3 is 14.2 Å². The zero-order valence-corrected chi connectivity index (χ0v) is 15.8. The Kier molecular flexibility index (Phi) is 4.61. The van der Waals surface area contributed by atoms with Crippen LogP contribution < -0.4 is 14.2 Å². The van der Waals surface area contributed by atoms with Gasteiger partial charge in [-0.2, -0.15) is 0 Å². The minimum Gasteiger partial charge on any atom is -0.493 e. The second-order valence-corrected chi connectivity index (χ2v) is 6.21. The van der Waals surface area contributed by atoms with Crippen LogP contribution in [0, 0.1) is 5.82 Å². The van der Waals surface area contributed by atoms with Crippen molar-refractivity contribution in [3.05, 3.63) is 66.7 Å². The van der Waals surface area contributed by atoms with Gasteiger partial charge in [0.15, 0.2) is 11.5 Å². The molecule has 1 heterocycles. The van der Waals surface area contributed by atoms with E-state index < -0.39 is 0 Å². The van der Waals surface area contributed by atoms with Crippen LogP contribution >= 0.6 is 0 Å². The van der Waals surface area contributed by atoms with Crippen molar-refractivity contribution in [3.8, 4) is 34.1 Å². The molecule has 4 rings (SSSR count). The Morgan fingerprint density at radius 3 is 2.18 bits per heavy atom. The van der Waals surface area contributed by atoms with E-state index in [-0.39, 0.29) is 5.82 Å². The van der Waals surface area contributed by atoms with Crippen LogP contribution in [0.2, 0.25) is 0 Å². The van der Waals surface area contributed by atoms with E-state index in [1.165, 1.54) is 12.1 Å². The lowest BCUT2D eigenvalue weighted by atomic mass is 10.0. The normalized spacial score (nSPS) is 10.9. The molecular weight excluding hydrogens is 359 g/mol. The summed E-state index contributed by atoms with van der Waals surface area (Å²) in [4.78, 5) is 4.48. The molecule has 0 aliphatic carbocycles. The molecule has 0 aliphatic rings. The van der Waals surface area contributed by atoms with E-state index in [2.05, 4.69) is 4.98 Å². The molecule has 0 fully saturated rings. The molecule has 5 nitrogen and oxygen atoms in total. The van der Waals surface area contributed by atoms with Gasteiger partial charge in [-0.1, -0.05) is 18.2 Å². The second kappa shape index (κ2) is 7.23. The summed E-state index contributed by atoms with van der Waals surface area (Å²) in [5.41, 5.74) is 4.24. The second-order valence-electron chi connectivity index (χ2n) is 6.21. The van der Waals surface area contributed by atoms with Gasteiger partial charge in [0.1, 0.15) is 12.1 Å². The summed E-state index contributed by atoms with van der Waals surface area (Å²) >= 11 is 0. The molecule has 6 heteroatoms. The van der Waals surface area contributed by atoms with Crippen LogP contribution in [0.3, 0.4) is 0 Å².